The van der Waals surface area contributed by atoms with Gasteiger partial charge in [-0.1, -0.05) is 48.0 Å². The molecule has 0 fully saturated rings. The number of aryl methyl sites for hydroxylation is 1. The van der Waals surface area contributed by atoms with Gasteiger partial charge < -0.3 is 24.0 Å². The number of para-hydroxylation sites is 1. The lowest BCUT2D eigenvalue weighted by Gasteiger charge is -2.33. The van der Waals surface area contributed by atoms with Crippen molar-refractivity contribution in [2.24, 2.45) is 0 Å². The molecule has 2 aliphatic heterocycles. The zero-order valence-corrected chi connectivity index (χ0v) is 26.2. The van der Waals surface area contributed by atoms with Gasteiger partial charge in [-0.2, -0.15) is 0 Å². The minimum Gasteiger partial charge on any atom is -0.472 e. The van der Waals surface area contributed by atoms with E-state index in [9.17, 15) is 0 Å². The second-order valence-corrected chi connectivity index (χ2v) is 11.9. The van der Waals surface area contributed by atoms with Gasteiger partial charge in [0.15, 0.2) is 13.5 Å². The van der Waals surface area contributed by atoms with Gasteiger partial charge in [0.05, 0.1) is 0 Å². The van der Waals surface area contributed by atoms with Gasteiger partial charge in [-0.3, -0.25) is 0 Å². The van der Waals surface area contributed by atoms with E-state index in [0.717, 1.165) is 88.1 Å². The molecule has 0 atom stereocenters. The van der Waals surface area contributed by atoms with Crippen LogP contribution >= 0.6 is 0 Å². The van der Waals surface area contributed by atoms with Gasteiger partial charge in [-0.25, -0.2) is 0 Å². The molecule has 7 rings (SSSR count). The average Bonchev–Trinajstić information content (AvgIpc) is 3.09. The third kappa shape index (κ3) is 6.09. The summed E-state index contributed by atoms with van der Waals surface area (Å²) in [4.78, 5) is 4.52. The predicted molar refractivity (Wildman–Crippen MR) is 187 cm³/mol. The van der Waals surface area contributed by atoms with Crippen molar-refractivity contribution >= 4 is 11.4 Å². The molecule has 0 amide bonds. The zero-order chi connectivity index (χ0) is 31.5. The van der Waals surface area contributed by atoms with Crippen molar-refractivity contribution in [3.05, 3.63) is 156 Å². The molecular weight excluding hydrogens is 568 g/mol. The summed E-state index contributed by atoms with van der Waals surface area (Å²) in [6, 6.07) is 35.8. The molecule has 230 valence electrons. The molecule has 0 bridgehead atoms. The Kier molecular flexibility index (Phi) is 8.22. The Morgan fingerprint density at radius 3 is 1.61 bits per heavy atom. The number of allylic oxidation sites excluding steroid dienone is 2. The van der Waals surface area contributed by atoms with Gasteiger partial charge >= 0.3 is 0 Å². The minimum atomic E-state index is 0.476. The zero-order valence-electron chi connectivity index (χ0n) is 26.2. The normalized spacial score (nSPS) is 13.6. The Bertz CT molecular complexity index is 1860. The molecule has 0 spiro atoms. The summed E-state index contributed by atoms with van der Waals surface area (Å²) < 4.78 is 18.8. The Morgan fingerprint density at radius 2 is 1.11 bits per heavy atom. The smallest absolute Gasteiger partial charge is 0.161 e. The van der Waals surface area contributed by atoms with Gasteiger partial charge in [-0.15, -0.1) is 13.2 Å². The lowest BCUT2D eigenvalue weighted by molar-refractivity contribution is 0.286. The van der Waals surface area contributed by atoms with E-state index in [1.807, 2.05) is 42.5 Å². The lowest BCUT2D eigenvalue weighted by atomic mass is 9.92. The van der Waals surface area contributed by atoms with Crippen LogP contribution in [-0.4, -0.2) is 13.5 Å². The van der Waals surface area contributed by atoms with Gasteiger partial charge in [0, 0.05) is 35.6 Å². The van der Waals surface area contributed by atoms with E-state index in [4.69, 9.17) is 14.2 Å². The van der Waals surface area contributed by atoms with E-state index in [2.05, 4.69) is 103 Å². The van der Waals surface area contributed by atoms with Crippen LogP contribution in [0.1, 0.15) is 27.8 Å². The molecular formula is C41H38N2O3. The van der Waals surface area contributed by atoms with Crippen LogP contribution in [0.15, 0.2) is 128 Å². The highest BCUT2D eigenvalue weighted by molar-refractivity contribution is 5.72. The van der Waals surface area contributed by atoms with Gasteiger partial charge in [-0.05, 0) is 115 Å². The number of anilines is 2. The van der Waals surface area contributed by atoms with E-state index in [-0.39, 0.29) is 0 Å². The minimum absolute atomic E-state index is 0.476. The molecule has 5 aromatic carbocycles. The molecule has 5 aromatic rings. The molecule has 2 heterocycles. The third-order valence-electron chi connectivity index (χ3n) is 8.58. The molecule has 0 radical (unpaired) electrons. The number of fused-ring (bicyclic) bond motifs is 2. The first-order chi connectivity index (χ1) is 22.6. The Hall–Kier alpha value is -5.42. The van der Waals surface area contributed by atoms with Crippen molar-refractivity contribution in [1.82, 2.24) is 0 Å². The fraction of sp³-hybridized carbons (Fsp3) is 0.171. The van der Waals surface area contributed by atoms with E-state index in [1.165, 1.54) is 11.1 Å². The number of hydrogen-bond acceptors (Lipinski definition) is 5. The molecule has 0 aromatic heterocycles. The fourth-order valence-corrected chi connectivity index (χ4v) is 6.29. The molecule has 2 aliphatic rings. The van der Waals surface area contributed by atoms with Crippen LogP contribution in [0.4, 0.5) is 11.4 Å². The Morgan fingerprint density at radius 1 is 0.630 bits per heavy atom. The summed E-state index contributed by atoms with van der Waals surface area (Å²) in [5.41, 5.74) is 10.4. The van der Waals surface area contributed by atoms with Crippen molar-refractivity contribution in [3.8, 4) is 34.1 Å². The monoisotopic (exact) mass is 606 g/mol. The highest BCUT2D eigenvalue weighted by atomic mass is 16.5. The quantitative estimate of drug-likeness (QED) is 0.156. The van der Waals surface area contributed by atoms with Crippen molar-refractivity contribution in [3.63, 3.8) is 0 Å². The maximum atomic E-state index is 6.43. The average molecular weight is 607 g/mol. The van der Waals surface area contributed by atoms with Gasteiger partial charge in [0.1, 0.15) is 23.0 Å². The highest BCUT2D eigenvalue weighted by Crippen LogP contribution is 2.40. The highest BCUT2D eigenvalue weighted by Gasteiger charge is 2.25. The van der Waals surface area contributed by atoms with E-state index >= 15 is 0 Å². The number of hydrogen-bond donors (Lipinski definition) is 0. The SMILES string of the molecule is C=CCc1cc(-c2cc(CC=C)c3c(c2)CN(c2ccc(Oc4ccc(C)cc4)cc2)CO3)cc2c1OCN(c1ccccc1)C2. The van der Waals surface area contributed by atoms with Crippen LogP contribution in [-0.2, 0) is 25.9 Å². The largest absolute Gasteiger partial charge is 0.472 e. The number of benzene rings is 5. The Balaban J connectivity index is 1.18. The lowest BCUT2D eigenvalue weighted by Crippen LogP contribution is -2.32. The topological polar surface area (TPSA) is 34.2 Å². The van der Waals surface area contributed by atoms with Crippen LogP contribution in [0, 0.1) is 6.92 Å². The number of ether oxygens (including phenoxy) is 3. The van der Waals surface area contributed by atoms with Crippen molar-refractivity contribution in [1.29, 1.82) is 0 Å². The molecule has 5 heteroatoms. The Labute approximate surface area is 271 Å². The molecule has 0 saturated carbocycles. The summed E-state index contributed by atoms with van der Waals surface area (Å²) >= 11 is 0. The molecule has 5 nitrogen and oxygen atoms in total. The second kappa shape index (κ2) is 12.9. The maximum absolute atomic E-state index is 6.43. The van der Waals surface area contributed by atoms with Gasteiger partial charge in [0.2, 0.25) is 0 Å². The number of rotatable bonds is 9. The molecule has 0 aliphatic carbocycles. The summed E-state index contributed by atoms with van der Waals surface area (Å²) in [6.45, 7) is 12.6. The van der Waals surface area contributed by atoms with Gasteiger partial charge in [0.25, 0.3) is 0 Å². The predicted octanol–water partition coefficient (Wildman–Crippen LogP) is 9.62. The fourth-order valence-electron chi connectivity index (χ4n) is 6.29. The summed E-state index contributed by atoms with van der Waals surface area (Å²) in [5, 5.41) is 0. The maximum Gasteiger partial charge on any atom is 0.161 e. The molecule has 0 N–H and O–H groups in total. The van der Waals surface area contributed by atoms with Crippen LogP contribution in [0.5, 0.6) is 23.0 Å². The molecule has 0 unspecified atom stereocenters. The summed E-state index contributed by atoms with van der Waals surface area (Å²) in [6.07, 6.45) is 5.37. The first-order valence-electron chi connectivity index (χ1n) is 15.8. The van der Waals surface area contributed by atoms with E-state index in [1.54, 1.807) is 0 Å². The third-order valence-corrected chi connectivity index (χ3v) is 8.58. The summed E-state index contributed by atoms with van der Waals surface area (Å²) in [7, 11) is 0. The van der Waals surface area contributed by atoms with Crippen LogP contribution in [0.25, 0.3) is 11.1 Å². The van der Waals surface area contributed by atoms with E-state index in [0.29, 0.717) is 13.5 Å². The van der Waals surface area contributed by atoms with E-state index < -0.39 is 0 Å². The van der Waals surface area contributed by atoms with Crippen LogP contribution < -0.4 is 24.0 Å². The van der Waals surface area contributed by atoms with Crippen molar-refractivity contribution in [2.75, 3.05) is 23.3 Å². The van der Waals surface area contributed by atoms with Crippen LogP contribution in [0.2, 0.25) is 0 Å². The standard InChI is InChI=1S/C41H38N2O3/c1-4-9-30-21-32(23-34-25-42(27-44-40(30)34)36-11-7-6-8-12-36)33-22-31(10-5-2)41-35(24-33)26-43(28-45-41)37-15-19-39(20-16-37)46-38-17-13-29(3)14-18-38/h4-8,11-24H,1-2,9-10,25-28H2,3H3. The van der Waals surface area contributed by atoms with Crippen molar-refractivity contribution in [2.45, 2.75) is 32.9 Å². The number of nitrogens with zero attached hydrogens (tertiary/aromatic N) is 2. The molecule has 0 saturated heterocycles. The first kappa shape index (κ1) is 29.3. The second-order valence-electron chi connectivity index (χ2n) is 11.9. The van der Waals surface area contributed by atoms with Crippen molar-refractivity contribution < 1.29 is 14.2 Å². The van der Waals surface area contributed by atoms with Crippen LogP contribution in [0.3, 0.4) is 0 Å². The summed E-state index contributed by atoms with van der Waals surface area (Å²) in [5.74, 6) is 3.57. The molecule has 46 heavy (non-hydrogen) atoms. The first-order valence-corrected chi connectivity index (χ1v) is 15.8.